The van der Waals surface area contributed by atoms with Crippen molar-refractivity contribution in [1.29, 1.82) is 0 Å². The van der Waals surface area contributed by atoms with Gasteiger partial charge in [-0.2, -0.15) is 5.10 Å². The van der Waals surface area contributed by atoms with Crippen LogP contribution in [0.15, 0.2) is 47.6 Å². The van der Waals surface area contributed by atoms with Gasteiger partial charge >= 0.3 is 5.97 Å². The molecular weight excluding hydrogens is 450 g/mol. The van der Waals surface area contributed by atoms with E-state index in [1.54, 1.807) is 5.01 Å². The average molecular weight is 482 g/mol. The maximum atomic E-state index is 13.5. The van der Waals surface area contributed by atoms with Gasteiger partial charge in [-0.1, -0.05) is 41.9 Å². The second-order valence-corrected chi connectivity index (χ2v) is 9.56. The maximum absolute atomic E-state index is 13.5. The average Bonchev–Trinajstić information content (AvgIpc) is 3.27. The van der Waals surface area contributed by atoms with Gasteiger partial charge < -0.3 is 4.74 Å². The van der Waals surface area contributed by atoms with Gasteiger partial charge in [0, 0.05) is 18.0 Å². The Morgan fingerprint density at radius 1 is 1.15 bits per heavy atom. The summed E-state index contributed by atoms with van der Waals surface area (Å²) in [5.74, 6) is -0.452. The minimum atomic E-state index is -0.261. The summed E-state index contributed by atoms with van der Waals surface area (Å²) in [7, 11) is 0. The van der Waals surface area contributed by atoms with Crippen LogP contribution in [0, 0.1) is 19.8 Å². The molecule has 2 aliphatic heterocycles. The van der Waals surface area contributed by atoms with Crippen LogP contribution >= 0.6 is 11.6 Å². The van der Waals surface area contributed by atoms with Crippen LogP contribution in [-0.2, 0) is 14.3 Å². The summed E-state index contributed by atoms with van der Waals surface area (Å²) in [6, 6.07) is 13.7. The lowest BCUT2D eigenvalue weighted by Crippen LogP contribution is -2.44. The van der Waals surface area contributed by atoms with Crippen LogP contribution in [0.5, 0.6) is 0 Å². The molecule has 2 atom stereocenters. The van der Waals surface area contributed by atoms with Crippen molar-refractivity contribution in [2.45, 2.75) is 46.1 Å². The number of nitrogens with zero attached hydrogens (tertiary/aromatic N) is 3. The Labute approximate surface area is 206 Å². The Hall–Kier alpha value is -2.70. The predicted octanol–water partition coefficient (Wildman–Crippen LogP) is 4.91. The topological polar surface area (TPSA) is 62.2 Å². The molecule has 0 aliphatic carbocycles. The first-order valence-corrected chi connectivity index (χ1v) is 12.4. The first kappa shape index (κ1) is 24.4. The van der Waals surface area contributed by atoms with Crippen LogP contribution in [0.4, 0.5) is 0 Å². The molecule has 1 saturated heterocycles. The second-order valence-electron chi connectivity index (χ2n) is 9.15. The number of rotatable bonds is 6. The van der Waals surface area contributed by atoms with E-state index < -0.39 is 0 Å². The molecule has 0 aromatic heterocycles. The molecule has 4 rings (SSSR count). The highest BCUT2D eigenvalue weighted by atomic mass is 35.5. The molecule has 0 spiro atoms. The summed E-state index contributed by atoms with van der Waals surface area (Å²) in [6.07, 6.45) is 2.26. The van der Waals surface area contributed by atoms with Gasteiger partial charge in [-0.15, -0.1) is 0 Å². The number of halogens is 1. The molecule has 2 aliphatic rings. The van der Waals surface area contributed by atoms with Gasteiger partial charge in [0.25, 0.3) is 5.91 Å². The van der Waals surface area contributed by atoms with E-state index in [4.69, 9.17) is 21.4 Å². The van der Waals surface area contributed by atoms with E-state index in [2.05, 4.69) is 32.0 Å². The van der Waals surface area contributed by atoms with Gasteiger partial charge in [-0.05, 0) is 74.5 Å². The zero-order chi connectivity index (χ0) is 24.2. The molecule has 34 heavy (non-hydrogen) atoms. The quantitative estimate of drug-likeness (QED) is 0.550. The number of hydrogen-bond acceptors (Lipinski definition) is 5. The second kappa shape index (κ2) is 10.7. The molecule has 1 amide bonds. The van der Waals surface area contributed by atoms with E-state index in [0.717, 1.165) is 36.2 Å². The Morgan fingerprint density at radius 3 is 2.68 bits per heavy atom. The van der Waals surface area contributed by atoms with Gasteiger partial charge in [0.1, 0.15) is 0 Å². The number of hydrazone groups is 1. The number of likely N-dealkylation sites (tertiary alicyclic amines) is 1. The lowest BCUT2D eigenvalue weighted by Gasteiger charge is -2.32. The van der Waals surface area contributed by atoms with Crippen molar-refractivity contribution in [3.8, 4) is 0 Å². The number of ether oxygens (including phenoxy) is 1. The lowest BCUT2D eigenvalue weighted by atomic mass is 9.96. The molecule has 2 aromatic carbocycles. The summed E-state index contributed by atoms with van der Waals surface area (Å²) in [5, 5.41) is 7.02. The fourth-order valence-corrected chi connectivity index (χ4v) is 5.00. The van der Waals surface area contributed by atoms with Crippen LogP contribution in [0.2, 0.25) is 5.02 Å². The zero-order valence-electron chi connectivity index (χ0n) is 20.1. The summed E-state index contributed by atoms with van der Waals surface area (Å²) in [5.41, 5.74) is 5.21. The molecule has 2 unspecified atom stereocenters. The van der Waals surface area contributed by atoms with Crippen molar-refractivity contribution in [3.63, 3.8) is 0 Å². The first-order chi connectivity index (χ1) is 16.4. The van der Waals surface area contributed by atoms with Crippen LogP contribution in [0.3, 0.4) is 0 Å². The maximum Gasteiger partial charge on any atom is 0.310 e. The standard InChI is InChI=1S/C27H32ClN3O3/c1-4-34-27(33)21-8-7-13-30(16-21)17-26(32)31-25(22-9-5-6-10-23(22)28)15-24(29-31)20-12-11-18(2)19(3)14-20/h5-6,9-12,14,21,25H,4,7-8,13,15-17H2,1-3H3. The van der Waals surface area contributed by atoms with Crippen molar-refractivity contribution in [3.05, 3.63) is 69.7 Å². The number of carbonyl (C=O) groups excluding carboxylic acids is 2. The van der Waals surface area contributed by atoms with Crippen molar-refractivity contribution in [2.24, 2.45) is 11.0 Å². The van der Waals surface area contributed by atoms with E-state index in [0.29, 0.717) is 24.6 Å². The summed E-state index contributed by atoms with van der Waals surface area (Å²) >= 11 is 6.54. The van der Waals surface area contributed by atoms with Crippen molar-refractivity contribution in [2.75, 3.05) is 26.2 Å². The van der Waals surface area contributed by atoms with E-state index in [-0.39, 0.29) is 30.4 Å². The highest BCUT2D eigenvalue weighted by Gasteiger charge is 2.36. The van der Waals surface area contributed by atoms with Gasteiger partial charge in [-0.25, -0.2) is 5.01 Å². The fourth-order valence-electron chi connectivity index (χ4n) is 4.74. The normalized spacial score (nSPS) is 20.8. The van der Waals surface area contributed by atoms with E-state index >= 15 is 0 Å². The third kappa shape index (κ3) is 5.34. The number of piperidine rings is 1. The molecule has 1 fully saturated rings. The Bertz CT molecular complexity index is 1100. The molecule has 180 valence electrons. The third-order valence-electron chi connectivity index (χ3n) is 6.75. The van der Waals surface area contributed by atoms with Crippen molar-refractivity contribution < 1.29 is 14.3 Å². The third-order valence-corrected chi connectivity index (χ3v) is 7.10. The van der Waals surface area contributed by atoms with Crippen LogP contribution in [0.1, 0.15) is 54.5 Å². The molecule has 0 radical (unpaired) electrons. The number of hydrogen-bond donors (Lipinski definition) is 0. The Kier molecular flexibility index (Phi) is 7.69. The molecule has 6 nitrogen and oxygen atoms in total. The molecular formula is C27H32ClN3O3. The highest BCUT2D eigenvalue weighted by molar-refractivity contribution is 6.31. The number of aryl methyl sites for hydroxylation is 2. The van der Waals surface area contributed by atoms with Gasteiger partial charge in [0.2, 0.25) is 0 Å². The van der Waals surface area contributed by atoms with Gasteiger partial charge in [0.15, 0.2) is 0 Å². The van der Waals surface area contributed by atoms with Crippen molar-refractivity contribution >= 4 is 29.2 Å². The smallest absolute Gasteiger partial charge is 0.310 e. The molecule has 2 heterocycles. The SMILES string of the molecule is CCOC(=O)C1CCCN(CC(=O)N2N=C(c3ccc(C)c(C)c3)CC2c2ccccc2Cl)C1. The highest BCUT2D eigenvalue weighted by Crippen LogP contribution is 2.36. The Morgan fingerprint density at radius 2 is 1.94 bits per heavy atom. The van der Waals surface area contributed by atoms with E-state index in [1.165, 1.54) is 11.1 Å². The fraction of sp³-hybridized carbons (Fsp3) is 0.444. The predicted molar refractivity (Wildman–Crippen MR) is 134 cm³/mol. The number of esters is 1. The van der Waals surface area contributed by atoms with Crippen LogP contribution < -0.4 is 0 Å². The van der Waals surface area contributed by atoms with E-state index in [9.17, 15) is 9.59 Å². The first-order valence-electron chi connectivity index (χ1n) is 12.0. The number of carbonyl (C=O) groups is 2. The van der Waals surface area contributed by atoms with Gasteiger partial charge in [0.05, 0.1) is 30.8 Å². The van der Waals surface area contributed by atoms with E-state index in [1.807, 2.05) is 36.1 Å². The molecule has 2 aromatic rings. The summed E-state index contributed by atoms with van der Waals surface area (Å²) in [4.78, 5) is 27.8. The summed E-state index contributed by atoms with van der Waals surface area (Å²) in [6.45, 7) is 7.87. The monoisotopic (exact) mass is 481 g/mol. The largest absolute Gasteiger partial charge is 0.466 e. The summed E-state index contributed by atoms with van der Waals surface area (Å²) < 4.78 is 5.21. The zero-order valence-corrected chi connectivity index (χ0v) is 20.8. The number of benzene rings is 2. The minimum Gasteiger partial charge on any atom is -0.466 e. The van der Waals surface area contributed by atoms with Crippen LogP contribution in [0.25, 0.3) is 0 Å². The lowest BCUT2D eigenvalue weighted by molar-refractivity contribution is -0.150. The molecule has 0 bridgehead atoms. The van der Waals surface area contributed by atoms with Crippen molar-refractivity contribution in [1.82, 2.24) is 9.91 Å². The molecule has 7 heteroatoms. The minimum absolute atomic E-state index is 0.0896. The molecule has 0 N–H and O–H groups in total. The molecule has 0 saturated carbocycles. The number of amides is 1. The van der Waals surface area contributed by atoms with Crippen LogP contribution in [-0.4, -0.2) is 53.7 Å². The van der Waals surface area contributed by atoms with Gasteiger partial charge in [-0.3, -0.25) is 14.5 Å². The Balaban J connectivity index is 1.57.